The molecule has 0 radical (unpaired) electrons. The normalized spacial score (nSPS) is 16.1. The molecule has 0 saturated carbocycles. The molecule has 1 N–H and O–H groups in total. The molecule has 0 fully saturated rings. The van der Waals surface area contributed by atoms with Crippen molar-refractivity contribution >= 4 is 21.6 Å². The molecular weight excluding hydrogens is 314 g/mol. The number of anilines is 1. The van der Waals surface area contributed by atoms with Gasteiger partial charge in [0.25, 0.3) is 0 Å². The van der Waals surface area contributed by atoms with Crippen LogP contribution in [0.3, 0.4) is 0 Å². The fourth-order valence-electron chi connectivity index (χ4n) is 2.64. The highest BCUT2D eigenvalue weighted by Crippen LogP contribution is 2.37. The Morgan fingerprint density at radius 1 is 1.00 bits per heavy atom. The Morgan fingerprint density at radius 2 is 1.80 bits per heavy atom. The van der Waals surface area contributed by atoms with Crippen molar-refractivity contribution in [1.82, 2.24) is 9.78 Å². The number of benzene rings is 2. The maximum atomic E-state index is 4.48. The third-order valence-corrected chi connectivity index (χ3v) is 4.12. The quantitative estimate of drug-likeness (QED) is 0.723. The lowest BCUT2D eigenvalue weighted by atomic mass is 10.0. The van der Waals surface area contributed by atoms with Gasteiger partial charge in [-0.25, -0.2) is 4.68 Å². The molecule has 0 aliphatic carbocycles. The third-order valence-electron chi connectivity index (χ3n) is 3.60. The van der Waals surface area contributed by atoms with Gasteiger partial charge in [0.2, 0.25) is 0 Å². The van der Waals surface area contributed by atoms with Crippen LogP contribution in [0.5, 0.6) is 0 Å². The van der Waals surface area contributed by atoms with Crippen LogP contribution >= 0.6 is 15.9 Å². The molecule has 2 heterocycles. The topological polar surface area (TPSA) is 29.9 Å². The van der Waals surface area contributed by atoms with Crippen LogP contribution in [0.1, 0.15) is 11.7 Å². The number of aromatic nitrogens is 2. The SMILES string of the molecule is Brc1ccc([C@@H]2Nc3ccccc3-c3ccnn32)cc1. The Balaban J connectivity index is 1.87. The number of para-hydroxylation sites is 1. The van der Waals surface area contributed by atoms with Crippen molar-refractivity contribution in [2.24, 2.45) is 0 Å². The Labute approximate surface area is 125 Å². The van der Waals surface area contributed by atoms with Gasteiger partial charge in [0, 0.05) is 21.9 Å². The summed E-state index contributed by atoms with van der Waals surface area (Å²) in [6.45, 7) is 0. The smallest absolute Gasteiger partial charge is 0.147 e. The number of fused-ring (bicyclic) bond motifs is 3. The van der Waals surface area contributed by atoms with E-state index in [0.717, 1.165) is 15.9 Å². The summed E-state index contributed by atoms with van der Waals surface area (Å²) in [6, 6.07) is 18.7. The van der Waals surface area contributed by atoms with Gasteiger partial charge in [0.15, 0.2) is 0 Å². The van der Waals surface area contributed by atoms with Crippen molar-refractivity contribution in [2.45, 2.75) is 6.17 Å². The van der Waals surface area contributed by atoms with Crippen molar-refractivity contribution in [1.29, 1.82) is 0 Å². The highest BCUT2D eigenvalue weighted by molar-refractivity contribution is 9.10. The number of rotatable bonds is 1. The summed E-state index contributed by atoms with van der Waals surface area (Å²) in [5.74, 6) is 0. The van der Waals surface area contributed by atoms with Crippen LogP contribution < -0.4 is 5.32 Å². The predicted molar refractivity (Wildman–Crippen MR) is 83.6 cm³/mol. The van der Waals surface area contributed by atoms with E-state index in [1.165, 1.54) is 11.1 Å². The maximum absolute atomic E-state index is 4.48. The van der Waals surface area contributed by atoms with Gasteiger partial charge in [-0.2, -0.15) is 5.10 Å². The summed E-state index contributed by atoms with van der Waals surface area (Å²) >= 11 is 3.48. The van der Waals surface area contributed by atoms with Gasteiger partial charge in [-0.3, -0.25) is 0 Å². The molecule has 2 aromatic carbocycles. The summed E-state index contributed by atoms with van der Waals surface area (Å²) in [6.07, 6.45) is 1.88. The van der Waals surface area contributed by atoms with Crippen molar-refractivity contribution in [3.63, 3.8) is 0 Å². The number of hydrogen-bond donors (Lipinski definition) is 1. The van der Waals surface area contributed by atoms with Gasteiger partial charge >= 0.3 is 0 Å². The summed E-state index contributed by atoms with van der Waals surface area (Å²) in [7, 11) is 0. The molecule has 1 aromatic heterocycles. The first kappa shape index (κ1) is 11.7. The van der Waals surface area contributed by atoms with Crippen LogP contribution in [-0.4, -0.2) is 9.78 Å². The molecule has 3 nitrogen and oxygen atoms in total. The standard InChI is InChI=1S/C16H12BrN3/c17-12-7-5-11(6-8-12)16-19-14-4-2-1-3-13(14)15-9-10-18-20(15)16/h1-10,16,19H/t16-/m1/s1. The lowest BCUT2D eigenvalue weighted by molar-refractivity contribution is 0.575. The van der Waals surface area contributed by atoms with E-state index in [1.807, 2.05) is 10.9 Å². The fourth-order valence-corrected chi connectivity index (χ4v) is 2.91. The molecule has 1 aliphatic rings. The molecule has 0 bridgehead atoms. The number of nitrogens with zero attached hydrogens (tertiary/aromatic N) is 2. The molecule has 4 rings (SSSR count). The summed E-state index contributed by atoms with van der Waals surface area (Å²) < 4.78 is 3.11. The van der Waals surface area contributed by atoms with Gasteiger partial charge in [-0.1, -0.05) is 46.3 Å². The van der Waals surface area contributed by atoms with Gasteiger partial charge in [-0.05, 0) is 29.8 Å². The lowest BCUT2D eigenvalue weighted by Crippen LogP contribution is -2.25. The molecule has 0 unspecified atom stereocenters. The first-order valence-corrected chi connectivity index (χ1v) is 7.27. The average Bonchev–Trinajstić information content (AvgIpc) is 2.97. The van der Waals surface area contributed by atoms with E-state index in [1.54, 1.807) is 0 Å². The minimum Gasteiger partial charge on any atom is -0.359 e. The summed E-state index contributed by atoms with van der Waals surface area (Å²) in [5, 5.41) is 8.04. The first-order chi connectivity index (χ1) is 9.83. The second kappa shape index (κ2) is 4.49. The van der Waals surface area contributed by atoms with Crippen molar-refractivity contribution in [2.75, 3.05) is 5.32 Å². The zero-order valence-corrected chi connectivity index (χ0v) is 12.2. The largest absolute Gasteiger partial charge is 0.359 e. The van der Waals surface area contributed by atoms with E-state index in [0.29, 0.717) is 0 Å². The van der Waals surface area contributed by atoms with Gasteiger partial charge in [-0.15, -0.1) is 0 Å². The second-order valence-electron chi connectivity index (χ2n) is 4.81. The first-order valence-electron chi connectivity index (χ1n) is 6.48. The molecule has 1 aliphatic heterocycles. The maximum Gasteiger partial charge on any atom is 0.147 e. The summed E-state index contributed by atoms with van der Waals surface area (Å²) in [5.41, 5.74) is 4.67. The minimum atomic E-state index is 0.0306. The third kappa shape index (κ3) is 1.76. The lowest BCUT2D eigenvalue weighted by Gasteiger charge is -2.29. The Morgan fingerprint density at radius 3 is 2.65 bits per heavy atom. The molecule has 1 atom stereocenters. The monoisotopic (exact) mass is 325 g/mol. The predicted octanol–water partition coefficient (Wildman–Crippen LogP) is 4.29. The number of halogens is 1. The van der Waals surface area contributed by atoms with Crippen molar-refractivity contribution in [3.05, 3.63) is 70.8 Å². The highest BCUT2D eigenvalue weighted by Gasteiger charge is 2.24. The van der Waals surface area contributed by atoms with E-state index in [2.05, 4.69) is 80.9 Å². The van der Waals surface area contributed by atoms with Crippen LogP contribution in [0.15, 0.2) is 65.3 Å². The van der Waals surface area contributed by atoms with Crippen LogP contribution in [-0.2, 0) is 0 Å². The van der Waals surface area contributed by atoms with E-state index in [9.17, 15) is 0 Å². The molecule has 0 amide bonds. The minimum absolute atomic E-state index is 0.0306. The van der Waals surface area contributed by atoms with Crippen LogP contribution in [0.2, 0.25) is 0 Å². The van der Waals surface area contributed by atoms with E-state index < -0.39 is 0 Å². The van der Waals surface area contributed by atoms with Crippen molar-refractivity contribution < 1.29 is 0 Å². The van der Waals surface area contributed by atoms with Crippen LogP contribution in [0.25, 0.3) is 11.3 Å². The van der Waals surface area contributed by atoms with Gasteiger partial charge < -0.3 is 5.32 Å². The van der Waals surface area contributed by atoms with E-state index >= 15 is 0 Å². The second-order valence-corrected chi connectivity index (χ2v) is 5.72. The van der Waals surface area contributed by atoms with E-state index in [-0.39, 0.29) is 6.17 Å². The Bertz CT molecular complexity index is 761. The molecule has 0 saturated heterocycles. The Hall–Kier alpha value is -2.07. The number of hydrogen-bond acceptors (Lipinski definition) is 2. The zero-order valence-electron chi connectivity index (χ0n) is 10.6. The molecule has 20 heavy (non-hydrogen) atoms. The van der Waals surface area contributed by atoms with E-state index in [4.69, 9.17) is 0 Å². The molecule has 4 heteroatoms. The fraction of sp³-hybridized carbons (Fsp3) is 0.0625. The Kier molecular flexibility index (Phi) is 2.63. The summed E-state index contributed by atoms with van der Waals surface area (Å²) in [4.78, 5) is 0. The van der Waals surface area contributed by atoms with Crippen molar-refractivity contribution in [3.8, 4) is 11.3 Å². The van der Waals surface area contributed by atoms with Crippen LogP contribution in [0.4, 0.5) is 5.69 Å². The van der Waals surface area contributed by atoms with Gasteiger partial charge in [0.05, 0.1) is 5.69 Å². The van der Waals surface area contributed by atoms with Crippen LogP contribution in [0, 0.1) is 0 Å². The zero-order chi connectivity index (χ0) is 13.5. The average molecular weight is 326 g/mol. The molecular formula is C16H12BrN3. The molecule has 3 aromatic rings. The molecule has 0 spiro atoms. The molecule has 98 valence electrons. The highest BCUT2D eigenvalue weighted by atomic mass is 79.9. The number of nitrogens with one attached hydrogen (secondary N) is 1. The van der Waals surface area contributed by atoms with Gasteiger partial charge in [0.1, 0.15) is 6.17 Å².